The Morgan fingerprint density at radius 1 is 1.30 bits per heavy atom. The van der Waals surface area contributed by atoms with Gasteiger partial charge < -0.3 is 10.6 Å². The predicted octanol–water partition coefficient (Wildman–Crippen LogP) is 2.61. The number of rotatable bonds is 5. The number of para-hydroxylation sites is 1. The molecule has 2 rings (SSSR count). The molecule has 1 heterocycles. The van der Waals surface area contributed by atoms with Crippen molar-refractivity contribution < 1.29 is 4.79 Å². The van der Waals surface area contributed by atoms with Gasteiger partial charge in [0.2, 0.25) is 0 Å². The first kappa shape index (κ1) is 14.1. The second kappa shape index (κ2) is 6.23. The molecule has 3 N–H and O–H groups in total. The summed E-state index contributed by atoms with van der Waals surface area (Å²) in [4.78, 5) is 14.2. The molecule has 5 heteroatoms. The normalized spacial score (nSPS) is 10.5. The number of nitrogens with zero attached hydrogens (tertiary/aromatic N) is 2. The molecule has 0 radical (unpaired) electrons. The highest BCUT2D eigenvalue weighted by Gasteiger charge is 2.22. The standard InChI is InChI=1S/C15H20N4O/c1-3-8-12-13(16)14(18-17-12)15(20)19(4-2)11-9-6-5-7-10-11/h5-7,9-10H,3-4,8,16H2,1-2H3,(H,17,18). The van der Waals surface area contributed by atoms with Crippen LogP contribution in [0.15, 0.2) is 30.3 Å². The maximum atomic E-state index is 12.6. The highest BCUT2D eigenvalue weighted by atomic mass is 16.2. The lowest BCUT2D eigenvalue weighted by Gasteiger charge is -2.20. The van der Waals surface area contributed by atoms with E-state index in [4.69, 9.17) is 5.73 Å². The summed E-state index contributed by atoms with van der Waals surface area (Å²) in [6.07, 6.45) is 1.75. The molecule has 106 valence electrons. The molecule has 0 atom stereocenters. The van der Waals surface area contributed by atoms with Crippen LogP contribution in [0.4, 0.5) is 11.4 Å². The summed E-state index contributed by atoms with van der Waals surface area (Å²) < 4.78 is 0. The number of hydrogen-bond donors (Lipinski definition) is 2. The minimum atomic E-state index is -0.171. The molecule has 20 heavy (non-hydrogen) atoms. The van der Waals surface area contributed by atoms with Crippen molar-refractivity contribution in [1.29, 1.82) is 0 Å². The molecule has 0 saturated heterocycles. The van der Waals surface area contributed by atoms with Crippen LogP contribution in [0.2, 0.25) is 0 Å². The van der Waals surface area contributed by atoms with Gasteiger partial charge in [-0.1, -0.05) is 31.5 Å². The summed E-state index contributed by atoms with van der Waals surface area (Å²) in [5.41, 5.74) is 8.47. The van der Waals surface area contributed by atoms with Crippen LogP contribution in [0.25, 0.3) is 0 Å². The molecule has 5 nitrogen and oxygen atoms in total. The monoisotopic (exact) mass is 272 g/mol. The number of hydrogen-bond acceptors (Lipinski definition) is 3. The fourth-order valence-electron chi connectivity index (χ4n) is 2.17. The number of aryl methyl sites for hydroxylation is 1. The molecule has 1 amide bonds. The zero-order chi connectivity index (χ0) is 14.5. The molecule has 0 aliphatic heterocycles. The maximum absolute atomic E-state index is 12.6. The van der Waals surface area contributed by atoms with Gasteiger partial charge in [-0.15, -0.1) is 0 Å². The first-order chi connectivity index (χ1) is 9.69. The van der Waals surface area contributed by atoms with Gasteiger partial charge in [-0.3, -0.25) is 9.89 Å². The van der Waals surface area contributed by atoms with E-state index in [1.54, 1.807) is 4.90 Å². The number of nitrogens with two attached hydrogens (primary N) is 1. The van der Waals surface area contributed by atoms with Crippen LogP contribution in [-0.4, -0.2) is 22.6 Å². The Hall–Kier alpha value is -2.30. The van der Waals surface area contributed by atoms with Crippen LogP contribution in [0.5, 0.6) is 0 Å². The third-order valence-electron chi connectivity index (χ3n) is 3.21. The number of aromatic amines is 1. The number of benzene rings is 1. The summed E-state index contributed by atoms with van der Waals surface area (Å²) in [7, 11) is 0. The smallest absolute Gasteiger partial charge is 0.280 e. The minimum absolute atomic E-state index is 0.171. The van der Waals surface area contributed by atoms with Crippen molar-refractivity contribution in [2.75, 3.05) is 17.2 Å². The van der Waals surface area contributed by atoms with Crippen molar-refractivity contribution in [3.63, 3.8) is 0 Å². The Kier molecular flexibility index (Phi) is 4.40. The third kappa shape index (κ3) is 2.66. The van der Waals surface area contributed by atoms with E-state index in [9.17, 15) is 4.79 Å². The molecular weight excluding hydrogens is 252 g/mol. The third-order valence-corrected chi connectivity index (χ3v) is 3.21. The molecule has 0 fully saturated rings. The van der Waals surface area contributed by atoms with E-state index in [-0.39, 0.29) is 5.91 Å². The zero-order valence-corrected chi connectivity index (χ0v) is 11.9. The van der Waals surface area contributed by atoms with Gasteiger partial charge in [0.1, 0.15) is 0 Å². The molecule has 1 aromatic carbocycles. The summed E-state index contributed by atoms with van der Waals surface area (Å²) in [5, 5.41) is 6.95. The predicted molar refractivity (Wildman–Crippen MR) is 80.8 cm³/mol. The molecule has 2 aromatic rings. The lowest BCUT2D eigenvalue weighted by molar-refractivity contribution is 0.0984. The topological polar surface area (TPSA) is 75.0 Å². The molecule has 0 unspecified atom stereocenters. The Labute approximate surface area is 118 Å². The lowest BCUT2D eigenvalue weighted by Crippen LogP contribution is -2.31. The largest absolute Gasteiger partial charge is 0.395 e. The van der Waals surface area contributed by atoms with E-state index in [1.807, 2.05) is 37.3 Å². The quantitative estimate of drug-likeness (QED) is 0.878. The van der Waals surface area contributed by atoms with Gasteiger partial charge in [0.15, 0.2) is 5.69 Å². The fourth-order valence-corrected chi connectivity index (χ4v) is 2.17. The highest BCUT2D eigenvalue weighted by molar-refractivity contribution is 6.08. The highest BCUT2D eigenvalue weighted by Crippen LogP contribution is 2.21. The van der Waals surface area contributed by atoms with Gasteiger partial charge >= 0.3 is 0 Å². The summed E-state index contributed by atoms with van der Waals surface area (Å²) in [6, 6.07) is 9.53. The van der Waals surface area contributed by atoms with Crippen molar-refractivity contribution >= 4 is 17.3 Å². The van der Waals surface area contributed by atoms with E-state index in [0.29, 0.717) is 17.9 Å². The second-order valence-corrected chi connectivity index (χ2v) is 4.60. The molecule has 0 aliphatic carbocycles. The molecule has 0 bridgehead atoms. The van der Waals surface area contributed by atoms with Crippen LogP contribution in [0, 0.1) is 0 Å². The Morgan fingerprint density at radius 3 is 2.60 bits per heavy atom. The number of nitrogen functional groups attached to an aromatic ring is 1. The van der Waals surface area contributed by atoms with Crippen molar-refractivity contribution in [2.24, 2.45) is 0 Å². The van der Waals surface area contributed by atoms with Crippen LogP contribution in [0.3, 0.4) is 0 Å². The fraction of sp³-hybridized carbons (Fsp3) is 0.333. The molecule has 0 saturated carbocycles. The van der Waals surface area contributed by atoms with E-state index >= 15 is 0 Å². The Balaban J connectivity index is 2.30. The molecule has 1 aromatic heterocycles. The van der Waals surface area contributed by atoms with E-state index < -0.39 is 0 Å². The average Bonchev–Trinajstić information content (AvgIpc) is 2.83. The van der Waals surface area contributed by atoms with Crippen molar-refractivity contribution in [3.8, 4) is 0 Å². The van der Waals surface area contributed by atoms with Crippen LogP contribution >= 0.6 is 0 Å². The maximum Gasteiger partial charge on any atom is 0.280 e. The first-order valence-electron chi connectivity index (χ1n) is 6.88. The van der Waals surface area contributed by atoms with Crippen molar-refractivity contribution in [1.82, 2.24) is 10.2 Å². The van der Waals surface area contributed by atoms with Crippen LogP contribution in [0.1, 0.15) is 36.5 Å². The Bertz CT molecular complexity index is 577. The number of anilines is 2. The van der Waals surface area contributed by atoms with Crippen molar-refractivity contribution in [3.05, 3.63) is 41.7 Å². The van der Waals surface area contributed by atoms with Gasteiger partial charge in [0.05, 0.1) is 11.4 Å². The lowest BCUT2D eigenvalue weighted by atomic mass is 10.2. The SMILES string of the molecule is CCCc1[nH]nc(C(=O)N(CC)c2ccccc2)c1N. The zero-order valence-electron chi connectivity index (χ0n) is 11.9. The summed E-state index contributed by atoms with van der Waals surface area (Å²) in [5.74, 6) is -0.171. The van der Waals surface area contributed by atoms with E-state index in [1.165, 1.54) is 0 Å². The summed E-state index contributed by atoms with van der Waals surface area (Å²) in [6.45, 7) is 4.56. The van der Waals surface area contributed by atoms with Gasteiger partial charge in [-0.2, -0.15) is 5.10 Å². The van der Waals surface area contributed by atoms with E-state index in [2.05, 4.69) is 17.1 Å². The molecule has 0 spiro atoms. The van der Waals surface area contributed by atoms with Crippen molar-refractivity contribution in [2.45, 2.75) is 26.7 Å². The second-order valence-electron chi connectivity index (χ2n) is 4.60. The summed E-state index contributed by atoms with van der Waals surface area (Å²) >= 11 is 0. The number of carbonyl (C=O) groups excluding carboxylic acids is 1. The Morgan fingerprint density at radius 2 is 2.00 bits per heavy atom. The van der Waals surface area contributed by atoms with Gasteiger partial charge in [0.25, 0.3) is 5.91 Å². The number of amides is 1. The minimum Gasteiger partial charge on any atom is -0.395 e. The number of nitrogens with one attached hydrogen (secondary N) is 1. The number of aromatic nitrogens is 2. The average molecular weight is 272 g/mol. The first-order valence-corrected chi connectivity index (χ1v) is 6.88. The molecule has 0 aliphatic rings. The van der Waals surface area contributed by atoms with Crippen LogP contribution < -0.4 is 10.6 Å². The van der Waals surface area contributed by atoms with Crippen LogP contribution in [-0.2, 0) is 6.42 Å². The van der Waals surface area contributed by atoms with Gasteiger partial charge in [0, 0.05) is 12.2 Å². The number of H-pyrrole nitrogens is 1. The number of carbonyl (C=O) groups is 1. The van der Waals surface area contributed by atoms with Gasteiger partial charge in [-0.05, 0) is 25.5 Å². The van der Waals surface area contributed by atoms with E-state index in [0.717, 1.165) is 24.2 Å². The van der Waals surface area contributed by atoms with Gasteiger partial charge in [-0.25, -0.2) is 0 Å². The molecular formula is C15H20N4O.